The molecular formula is C19H17N3S2. The lowest BCUT2D eigenvalue weighted by atomic mass is 10.1. The molecule has 0 aliphatic heterocycles. The summed E-state index contributed by atoms with van der Waals surface area (Å²) in [6, 6.07) is 18.5. The van der Waals surface area contributed by atoms with Crippen LogP contribution >= 0.6 is 23.5 Å². The number of hydrogen-bond donors (Lipinski definition) is 1. The average Bonchev–Trinajstić information content (AvgIpc) is 2.62. The SMILES string of the molecule is CSCc1cccc(Nc2c(C#N)c(SC)nc3ccccc23)c1. The van der Waals surface area contributed by atoms with Crippen LogP contribution in [0.25, 0.3) is 10.9 Å². The van der Waals surface area contributed by atoms with E-state index in [0.717, 1.165) is 33.1 Å². The summed E-state index contributed by atoms with van der Waals surface area (Å²) >= 11 is 3.29. The number of aromatic nitrogens is 1. The van der Waals surface area contributed by atoms with Crippen LogP contribution in [-0.4, -0.2) is 17.5 Å². The molecule has 1 heterocycles. The highest BCUT2D eigenvalue weighted by molar-refractivity contribution is 7.98. The first-order valence-electron chi connectivity index (χ1n) is 7.48. The fraction of sp³-hybridized carbons (Fsp3) is 0.158. The molecule has 2 aromatic carbocycles. The van der Waals surface area contributed by atoms with Crippen molar-refractivity contribution in [3.63, 3.8) is 0 Å². The van der Waals surface area contributed by atoms with Gasteiger partial charge >= 0.3 is 0 Å². The summed E-state index contributed by atoms with van der Waals surface area (Å²) in [5.41, 5.74) is 4.56. The Labute approximate surface area is 150 Å². The maximum Gasteiger partial charge on any atom is 0.116 e. The van der Waals surface area contributed by atoms with Crippen molar-refractivity contribution in [1.82, 2.24) is 4.98 Å². The standard InChI is InChI=1S/C19H17N3S2/c1-23-12-13-6-5-7-14(10-13)21-18-15-8-3-4-9-17(15)22-19(24-2)16(18)11-20/h3-10H,12H2,1-2H3,(H,21,22). The van der Waals surface area contributed by atoms with E-state index in [1.807, 2.05) is 42.7 Å². The van der Waals surface area contributed by atoms with E-state index in [9.17, 15) is 5.26 Å². The van der Waals surface area contributed by atoms with Crippen molar-refractivity contribution in [3.05, 3.63) is 59.7 Å². The molecule has 0 unspecified atom stereocenters. The van der Waals surface area contributed by atoms with Crippen LogP contribution in [0.15, 0.2) is 53.6 Å². The van der Waals surface area contributed by atoms with Gasteiger partial charge < -0.3 is 5.32 Å². The third kappa shape index (κ3) is 3.35. The second kappa shape index (κ2) is 7.61. The summed E-state index contributed by atoms with van der Waals surface area (Å²) in [6.45, 7) is 0. The number of benzene rings is 2. The van der Waals surface area contributed by atoms with Gasteiger partial charge in [0, 0.05) is 16.8 Å². The first kappa shape index (κ1) is 16.7. The Morgan fingerprint density at radius 3 is 2.71 bits per heavy atom. The number of nitrogens with zero attached hydrogens (tertiary/aromatic N) is 2. The van der Waals surface area contributed by atoms with E-state index in [0.29, 0.717) is 5.56 Å². The molecule has 0 amide bonds. The lowest BCUT2D eigenvalue weighted by Crippen LogP contribution is -1.99. The van der Waals surface area contributed by atoms with Gasteiger partial charge in [-0.15, -0.1) is 11.8 Å². The van der Waals surface area contributed by atoms with Gasteiger partial charge in [0.1, 0.15) is 16.7 Å². The minimum Gasteiger partial charge on any atom is -0.354 e. The van der Waals surface area contributed by atoms with Gasteiger partial charge in [-0.05, 0) is 36.3 Å². The molecule has 3 rings (SSSR count). The van der Waals surface area contributed by atoms with Crippen molar-refractivity contribution in [2.45, 2.75) is 10.8 Å². The normalized spacial score (nSPS) is 10.5. The van der Waals surface area contributed by atoms with Gasteiger partial charge in [0.05, 0.1) is 11.2 Å². The molecule has 24 heavy (non-hydrogen) atoms. The van der Waals surface area contributed by atoms with Crippen molar-refractivity contribution in [2.24, 2.45) is 0 Å². The molecule has 0 aliphatic rings. The molecule has 0 radical (unpaired) electrons. The van der Waals surface area contributed by atoms with Gasteiger partial charge in [-0.3, -0.25) is 0 Å². The predicted molar refractivity (Wildman–Crippen MR) is 105 cm³/mol. The van der Waals surface area contributed by atoms with E-state index in [-0.39, 0.29) is 0 Å². The number of nitriles is 1. The van der Waals surface area contributed by atoms with Crippen LogP contribution in [0.2, 0.25) is 0 Å². The van der Waals surface area contributed by atoms with Gasteiger partial charge in [0.2, 0.25) is 0 Å². The fourth-order valence-corrected chi connectivity index (χ4v) is 3.67. The Kier molecular flexibility index (Phi) is 5.29. The number of fused-ring (bicyclic) bond motifs is 1. The molecule has 3 aromatic rings. The summed E-state index contributed by atoms with van der Waals surface area (Å²) in [5, 5.41) is 14.8. The first-order chi connectivity index (χ1) is 11.8. The Hall–Kier alpha value is -2.16. The number of pyridine rings is 1. The molecule has 0 saturated heterocycles. The highest BCUT2D eigenvalue weighted by Gasteiger charge is 2.14. The maximum atomic E-state index is 9.66. The zero-order valence-corrected chi connectivity index (χ0v) is 15.2. The Morgan fingerprint density at radius 2 is 1.96 bits per heavy atom. The molecular weight excluding hydrogens is 334 g/mol. The largest absolute Gasteiger partial charge is 0.354 e. The minimum absolute atomic E-state index is 0.594. The third-order valence-corrected chi connectivity index (χ3v) is 4.98. The number of rotatable bonds is 5. The van der Waals surface area contributed by atoms with Crippen LogP contribution in [0.4, 0.5) is 11.4 Å². The van der Waals surface area contributed by atoms with Gasteiger partial charge in [-0.1, -0.05) is 30.3 Å². The summed E-state index contributed by atoms with van der Waals surface area (Å²) in [6.07, 6.45) is 4.04. The van der Waals surface area contributed by atoms with Crippen LogP contribution < -0.4 is 5.32 Å². The summed E-state index contributed by atoms with van der Waals surface area (Å²) in [7, 11) is 0. The molecule has 0 atom stereocenters. The Morgan fingerprint density at radius 1 is 1.12 bits per heavy atom. The molecule has 120 valence electrons. The van der Waals surface area contributed by atoms with Gasteiger partial charge in [-0.2, -0.15) is 17.0 Å². The fourth-order valence-electron chi connectivity index (χ4n) is 2.62. The molecule has 1 aromatic heterocycles. The molecule has 3 nitrogen and oxygen atoms in total. The Bertz CT molecular complexity index is 916. The summed E-state index contributed by atoms with van der Waals surface area (Å²) < 4.78 is 0. The van der Waals surface area contributed by atoms with Crippen LogP contribution in [-0.2, 0) is 5.75 Å². The van der Waals surface area contributed by atoms with Crippen molar-refractivity contribution >= 4 is 45.8 Å². The highest BCUT2D eigenvalue weighted by atomic mass is 32.2. The predicted octanol–water partition coefficient (Wildman–Crippen LogP) is 5.43. The molecule has 0 spiro atoms. The maximum absolute atomic E-state index is 9.66. The summed E-state index contributed by atoms with van der Waals surface area (Å²) in [4.78, 5) is 4.61. The second-order valence-corrected chi connectivity index (χ2v) is 6.92. The molecule has 1 N–H and O–H groups in total. The second-order valence-electron chi connectivity index (χ2n) is 5.26. The van der Waals surface area contributed by atoms with Crippen molar-refractivity contribution in [2.75, 3.05) is 17.8 Å². The number of thioether (sulfide) groups is 2. The van der Waals surface area contributed by atoms with E-state index in [2.05, 4.69) is 34.8 Å². The smallest absolute Gasteiger partial charge is 0.116 e. The molecule has 0 aliphatic carbocycles. The van der Waals surface area contributed by atoms with Crippen LogP contribution in [0.3, 0.4) is 0 Å². The van der Waals surface area contributed by atoms with Crippen molar-refractivity contribution in [3.8, 4) is 6.07 Å². The van der Waals surface area contributed by atoms with Gasteiger partial charge in [0.25, 0.3) is 0 Å². The van der Waals surface area contributed by atoms with E-state index < -0.39 is 0 Å². The van der Waals surface area contributed by atoms with Crippen molar-refractivity contribution in [1.29, 1.82) is 5.26 Å². The molecule has 5 heteroatoms. The number of hydrogen-bond acceptors (Lipinski definition) is 5. The lowest BCUT2D eigenvalue weighted by Gasteiger charge is -2.14. The first-order valence-corrected chi connectivity index (χ1v) is 10.1. The minimum atomic E-state index is 0.594. The van der Waals surface area contributed by atoms with Gasteiger partial charge in [-0.25, -0.2) is 4.98 Å². The number of nitrogens with one attached hydrogen (secondary N) is 1. The lowest BCUT2D eigenvalue weighted by molar-refractivity contribution is 1.17. The van der Waals surface area contributed by atoms with Crippen LogP contribution in [0.1, 0.15) is 11.1 Å². The summed E-state index contributed by atoms with van der Waals surface area (Å²) in [5.74, 6) is 0.966. The quantitative estimate of drug-likeness (QED) is 0.621. The Balaban J connectivity index is 2.14. The average molecular weight is 352 g/mol. The van der Waals surface area contributed by atoms with E-state index in [4.69, 9.17) is 0 Å². The molecule has 0 saturated carbocycles. The van der Waals surface area contributed by atoms with E-state index in [1.54, 1.807) is 11.8 Å². The zero-order valence-electron chi connectivity index (χ0n) is 13.5. The van der Waals surface area contributed by atoms with Gasteiger partial charge in [0.15, 0.2) is 0 Å². The highest BCUT2D eigenvalue weighted by Crippen LogP contribution is 2.34. The van der Waals surface area contributed by atoms with Crippen LogP contribution in [0, 0.1) is 11.3 Å². The zero-order chi connectivity index (χ0) is 16.9. The monoisotopic (exact) mass is 351 g/mol. The third-order valence-electron chi connectivity index (χ3n) is 3.67. The van der Waals surface area contributed by atoms with Crippen LogP contribution in [0.5, 0.6) is 0 Å². The number of anilines is 2. The molecule has 0 fully saturated rings. The molecule has 0 bridgehead atoms. The van der Waals surface area contributed by atoms with E-state index >= 15 is 0 Å². The number of para-hydroxylation sites is 1. The van der Waals surface area contributed by atoms with E-state index in [1.165, 1.54) is 17.3 Å². The topological polar surface area (TPSA) is 48.7 Å². The van der Waals surface area contributed by atoms with Crippen molar-refractivity contribution < 1.29 is 0 Å².